The lowest BCUT2D eigenvalue weighted by atomic mass is 10.0. The summed E-state index contributed by atoms with van der Waals surface area (Å²) in [4.78, 5) is 2.32. The van der Waals surface area contributed by atoms with Gasteiger partial charge in [0.25, 0.3) is 0 Å². The van der Waals surface area contributed by atoms with Crippen LogP contribution in [0.5, 0.6) is 0 Å². The second-order valence-corrected chi connectivity index (χ2v) is 10.9. The molecule has 0 aliphatic carbocycles. The van der Waals surface area contributed by atoms with E-state index in [1.165, 1.54) is 10.8 Å². The van der Waals surface area contributed by atoms with Crippen molar-refractivity contribution in [1.82, 2.24) is 0 Å². The number of furan rings is 2. The first-order valence-corrected chi connectivity index (χ1v) is 14.5. The van der Waals surface area contributed by atoms with Gasteiger partial charge in [-0.05, 0) is 47.3 Å². The molecule has 0 fully saturated rings. The second-order valence-electron chi connectivity index (χ2n) is 10.9. The lowest BCUT2D eigenvalue weighted by Crippen LogP contribution is -2.10. The second kappa shape index (κ2) is 9.37. The molecule has 0 aliphatic rings. The molecule has 43 heavy (non-hydrogen) atoms. The largest absolute Gasteiger partial charge is 0.455 e. The van der Waals surface area contributed by atoms with Crippen LogP contribution in [0.4, 0.5) is 17.1 Å². The smallest absolute Gasteiger partial charge is 0.159 e. The maximum Gasteiger partial charge on any atom is 0.159 e. The number of hydrogen-bond donors (Lipinski definition) is 0. The lowest BCUT2D eigenvalue weighted by Gasteiger charge is -2.27. The van der Waals surface area contributed by atoms with Crippen molar-refractivity contribution in [3.05, 3.63) is 152 Å². The van der Waals surface area contributed by atoms with Crippen LogP contribution >= 0.6 is 0 Å². The van der Waals surface area contributed by atoms with Crippen LogP contribution in [0.3, 0.4) is 0 Å². The minimum Gasteiger partial charge on any atom is -0.455 e. The molecule has 0 saturated heterocycles. The van der Waals surface area contributed by atoms with Crippen molar-refractivity contribution in [2.24, 2.45) is 0 Å². The van der Waals surface area contributed by atoms with E-state index in [0.717, 1.165) is 72.1 Å². The van der Waals surface area contributed by atoms with E-state index < -0.39 is 0 Å². The van der Waals surface area contributed by atoms with Crippen molar-refractivity contribution in [2.45, 2.75) is 0 Å². The highest BCUT2D eigenvalue weighted by Gasteiger charge is 2.21. The Bertz CT molecular complexity index is 2460. The third kappa shape index (κ3) is 3.68. The molecule has 2 aromatic heterocycles. The molecule has 202 valence electrons. The average molecular weight is 552 g/mol. The maximum atomic E-state index is 6.54. The third-order valence-electron chi connectivity index (χ3n) is 8.47. The minimum absolute atomic E-state index is 0.868. The monoisotopic (exact) mass is 551 g/mol. The van der Waals surface area contributed by atoms with E-state index in [4.69, 9.17) is 8.83 Å². The van der Waals surface area contributed by atoms with E-state index in [1.807, 2.05) is 24.3 Å². The summed E-state index contributed by atoms with van der Waals surface area (Å²) in [5.41, 5.74) is 8.90. The Morgan fingerprint density at radius 3 is 1.67 bits per heavy atom. The van der Waals surface area contributed by atoms with Crippen molar-refractivity contribution in [2.75, 3.05) is 4.90 Å². The fourth-order valence-electron chi connectivity index (χ4n) is 6.48. The van der Waals surface area contributed by atoms with E-state index in [9.17, 15) is 0 Å². The van der Waals surface area contributed by atoms with E-state index in [-0.39, 0.29) is 0 Å². The van der Waals surface area contributed by atoms with Crippen molar-refractivity contribution in [3.63, 3.8) is 0 Å². The molecule has 0 N–H and O–H groups in total. The van der Waals surface area contributed by atoms with Crippen molar-refractivity contribution < 1.29 is 8.83 Å². The van der Waals surface area contributed by atoms with Gasteiger partial charge in [0.15, 0.2) is 5.58 Å². The van der Waals surface area contributed by atoms with E-state index in [2.05, 4.69) is 132 Å². The standard InChI is InChI=1S/C40H25NO2/c1-2-12-29-26(10-1)11-7-18-35(29)41(36-19-9-17-34-32-14-4-6-21-38(32)43-40(34)36)28-24-22-27(23-25-28)30-15-8-16-33-31-13-3-5-20-37(31)42-39(30)33/h1-25H. The van der Waals surface area contributed by atoms with Crippen LogP contribution in [-0.2, 0) is 0 Å². The van der Waals surface area contributed by atoms with Crippen molar-refractivity contribution in [3.8, 4) is 11.1 Å². The molecule has 0 aliphatic heterocycles. The van der Waals surface area contributed by atoms with Gasteiger partial charge in [0.05, 0.1) is 11.4 Å². The topological polar surface area (TPSA) is 29.5 Å². The summed E-state index contributed by atoms with van der Waals surface area (Å²) in [6.45, 7) is 0. The minimum atomic E-state index is 0.868. The van der Waals surface area contributed by atoms with Gasteiger partial charge in [0.1, 0.15) is 16.7 Å². The molecule has 7 aromatic carbocycles. The van der Waals surface area contributed by atoms with Crippen molar-refractivity contribution in [1.29, 1.82) is 0 Å². The Balaban J connectivity index is 1.26. The fourth-order valence-corrected chi connectivity index (χ4v) is 6.48. The summed E-state index contributed by atoms with van der Waals surface area (Å²) in [5, 5.41) is 6.85. The molecule has 2 heterocycles. The summed E-state index contributed by atoms with van der Waals surface area (Å²) in [6.07, 6.45) is 0. The Hall–Kier alpha value is -5.80. The molecule has 3 heteroatoms. The van der Waals surface area contributed by atoms with Crippen molar-refractivity contribution >= 4 is 71.7 Å². The van der Waals surface area contributed by atoms with Gasteiger partial charge in [0, 0.05) is 38.2 Å². The zero-order valence-electron chi connectivity index (χ0n) is 23.2. The molecule has 9 aromatic rings. The van der Waals surface area contributed by atoms with Crippen LogP contribution < -0.4 is 4.90 Å². The molecule has 0 amide bonds. The predicted octanol–water partition coefficient (Wildman–Crippen LogP) is 11.8. The Morgan fingerprint density at radius 1 is 0.372 bits per heavy atom. The van der Waals surface area contributed by atoms with Crippen LogP contribution in [-0.4, -0.2) is 0 Å². The fraction of sp³-hybridized carbons (Fsp3) is 0. The van der Waals surface area contributed by atoms with Gasteiger partial charge in [-0.1, -0.05) is 115 Å². The van der Waals surface area contributed by atoms with E-state index in [0.29, 0.717) is 0 Å². The maximum absolute atomic E-state index is 6.54. The first kappa shape index (κ1) is 23.9. The SMILES string of the molecule is c1ccc2c(N(c3ccc(-c4cccc5c4oc4ccccc45)cc3)c3cccc4c3oc3ccccc34)cccc2c1. The van der Waals surface area contributed by atoms with Gasteiger partial charge in [0.2, 0.25) is 0 Å². The third-order valence-corrected chi connectivity index (χ3v) is 8.47. The normalized spacial score (nSPS) is 11.7. The van der Waals surface area contributed by atoms with Crippen LogP contribution in [0, 0.1) is 0 Å². The van der Waals surface area contributed by atoms with E-state index >= 15 is 0 Å². The highest BCUT2D eigenvalue weighted by molar-refractivity contribution is 6.12. The summed E-state index contributed by atoms with van der Waals surface area (Å²) in [6, 6.07) is 53.0. The highest BCUT2D eigenvalue weighted by atomic mass is 16.3. The molecular formula is C40H25NO2. The first-order valence-electron chi connectivity index (χ1n) is 14.5. The molecule has 0 bridgehead atoms. The Labute approximate surface area is 247 Å². The zero-order chi connectivity index (χ0) is 28.3. The Kier molecular flexibility index (Phi) is 5.20. The summed E-state index contributed by atoms with van der Waals surface area (Å²) >= 11 is 0. The molecule has 3 nitrogen and oxygen atoms in total. The number of anilines is 3. The van der Waals surface area contributed by atoms with Gasteiger partial charge in [-0.2, -0.15) is 0 Å². The highest BCUT2D eigenvalue weighted by Crippen LogP contribution is 2.45. The van der Waals surface area contributed by atoms with Gasteiger partial charge < -0.3 is 13.7 Å². The van der Waals surface area contributed by atoms with Gasteiger partial charge in [-0.3, -0.25) is 0 Å². The zero-order valence-corrected chi connectivity index (χ0v) is 23.2. The molecule has 0 spiro atoms. The summed E-state index contributed by atoms with van der Waals surface area (Å²) in [7, 11) is 0. The van der Waals surface area contributed by atoms with Crippen LogP contribution in [0.15, 0.2) is 160 Å². The van der Waals surface area contributed by atoms with E-state index in [1.54, 1.807) is 0 Å². The molecule has 0 unspecified atom stereocenters. The molecule has 0 radical (unpaired) electrons. The predicted molar refractivity (Wildman–Crippen MR) is 179 cm³/mol. The molecular weight excluding hydrogens is 526 g/mol. The van der Waals surface area contributed by atoms with Crippen LogP contribution in [0.1, 0.15) is 0 Å². The first-order chi connectivity index (χ1) is 21.3. The Morgan fingerprint density at radius 2 is 0.907 bits per heavy atom. The average Bonchev–Trinajstić information content (AvgIpc) is 3.65. The number of fused-ring (bicyclic) bond motifs is 7. The molecule has 0 saturated carbocycles. The van der Waals surface area contributed by atoms with Crippen LogP contribution in [0.2, 0.25) is 0 Å². The van der Waals surface area contributed by atoms with Gasteiger partial charge >= 0.3 is 0 Å². The summed E-state index contributed by atoms with van der Waals surface area (Å²) in [5.74, 6) is 0. The van der Waals surface area contributed by atoms with Gasteiger partial charge in [-0.25, -0.2) is 0 Å². The lowest BCUT2D eigenvalue weighted by molar-refractivity contribution is 0.669. The number of para-hydroxylation sites is 4. The quantitative estimate of drug-likeness (QED) is 0.218. The molecule has 9 rings (SSSR count). The van der Waals surface area contributed by atoms with Crippen LogP contribution in [0.25, 0.3) is 65.8 Å². The molecule has 0 atom stereocenters. The number of nitrogens with zero attached hydrogens (tertiary/aromatic N) is 1. The van der Waals surface area contributed by atoms with Gasteiger partial charge in [-0.15, -0.1) is 0 Å². The summed E-state index contributed by atoms with van der Waals surface area (Å²) < 4.78 is 12.9. The number of benzene rings is 7. The number of rotatable bonds is 4. The number of hydrogen-bond acceptors (Lipinski definition) is 3.